The number of benzene rings is 1. The number of fused-ring (bicyclic) bond motifs is 2. The number of aliphatic hydroxyl groups is 1. The Kier molecular flexibility index (Phi) is 2.90. The van der Waals surface area contributed by atoms with Crippen molar-refractivity contribution in [1.29, 1.82) is 0 Å². The Morgan fingerprint density at radius 3 is 2.82 bits per heavy atom. The zero-order chi connectivity index (χ0) is 15.5. The van der Waals surface area contributed by atoms with Gasteiger partial charge in [-0.1, -0.05) is 6.07 Å². The predicted octanol–water partition coefficient (Wildman–Crippen LogP) is 2.62. The maximum absolute atomic E-state index is 13.8. The van der Waals surface area contributed by atoms with Gasteiger partial charge >= 0.3 is 6.29 Å². The zero-order valence-corrected chi connectivity index (χ0v) is 11.8. The molecule has 3 aliphatic heterocycles. The largest absolute Gasteiger partial charge is 0.586 e. The first-order chi connectivity index (χ1) is 10.4. The van der Waals surface area contributed by atoms with E-state index in [1.807, 2.05) is 4.90 Å². The van der Waals surface area contributed by atoms with E-state index in [0.29, 0.717) is 12.8 Å². The fraction of sp³-hybridized carbons (Fsp3) is 0.600. The highest BCUT2D eigenvalue weighted by molar-refractivity contribution is 5.46. The van der Waals surface area contributed by atoms with Gasteiger partial charge in [-0.25, -0.2) is 4.39 Å². The second kappa shape index (κ2) is 4.52. The summed E-state index contributed by atoms with van der Waals surface area (Å²) in [5.74, 6) is 0.00459. The quantitative estimate of drug-likeness (QED) is 0.911. The third-order valence-corrected chi connectivity index (χ3v) is 4.97. The molecule has 4 rings (SSSR count). The van der Waals surface area contributed by atoms with Crippen molar-refractivity contribution in [2.45, 2.75) is 43.3 Å². The molecule has 7 heteroatoms. The summed E-state index contributed by atoms with van der Waals surface area (Å²) in [5.41, 5.74) is 0.259. The summed E-state index contributed by atoms with van der Waals surface area (Å²) in [6, 6.07) is 4.58. The second-order valence-corrected chi connectivity index (χ2v) is 6.26. The Morgan fingerprint density at radius 1 is 1.27 bits per heavy atom. The van der Waals surface area contributed by atoms with E-state index in [4.69, 9.17) is 0 Å². The average Bonchev–Trinajstić information content (AvgIpc) is 3.04. The summed E-state index contributed by atoms with van der Waals surface area (Å²) < 4.78 is 48.8. The number of halogens is 3. The molecule has 2 fully saturated rings. The summed E-state index contributed by atoms with van der Waals surface area (Å²) in [7, 11) is 0. The fourth-order valence-corrected chi connectivity index (χ4v) is 4.02. The van der Waals surface area contributed by atoms with E-state index in [1.165, 1.54) is 12.1 Å². The van der Waals surface area contributed by atoms with E-state index in [2.05, 4.69) is 9.47 Å². The number of ether oxygens (including phenoxy) is 2. The summed E-state index contributed by atoms with van der Waals surface area (Å²) in [5, 5.41) is 9.68. The summed E-state index contributed by atoms with van der Waals surface area (Å²) in [6.45, 7) is 0.169. The van der Waals surface area contributed by atoms with Crippen LogP contribution in [0.4, 0.5) is 13.2 Å². The molecule has 2 saturated heterocycles. The first-order valence-corrected chi connectivity index (χ1v) is 7.34. The molecule has 0 saturated carbocycles. The van der Waals surface area contributed by atoms with Crippen molar-refractivity contribution in [2.24, 2.45) is 0 Å². The van der Waals surface area contributed by atoms with Crippen molar-refractivity contribution in [3.8, 4) is 11.5 Å². The molecule has 0 aromatic heterocycles. The maximum Gasteiger partial charge on any atom is 0.586 e. The van der Waals surface area contributed by atoms with Gasteiger partial charge in [-0.2, -0.15) is 0 Å². The standard InChI is InChI=1S/C15H16F3NO3/c16-10-6-14(8-20)4-3-11(19(14)7-10)9-1-2-12-13(5-9)22-15(17,18)21-12/h1-2,5,10-11,20H,3-4,6-8H2/t10-,11-,14+/m1/s1. The third kappa shape index (κ3) is 1.99. The van der Waals surface area contributed by atoms with E-state index in [-0.39, 0.29) is 30.7 Å². The molecule has 0 unspecified atom stereocenters. The van der Waals surface area contributed by atoms with Gasteiger partial charge in [-0.15, -0.1) is 8.78 Å². The summed E-state index contributed by atoms with van der Waals surface area (Å²) in [6.07, 6.45) is -2.83. The maximum atomic E-state index is 13.8. The monoisotopic (exact) mass is 315 g/mol. The first kappa shape index (κ1) is 14.1. The minimum atomic E-state index is -3.64. The van der Waals surface area contributed by atoms with Gasteiger partial charge in [0.05, 0.1) is 6.61 Å². The van der Waals surface area contributed by atoms with Gasteiger partial charge in [0.1, 0.15) is 6.17 Å². The smallest absolute Gasteiger partial charge is 0.395 e. The molecule has 4 nitrogen and oxygen atoms in total. The van der Waals surface area contributed by atoms with E-state index in [1.54, 1.807) is 6.07 Å². The minimum absolute atomic E-state index is 0.00000567. The molecule has 0 amide bonds. The summed E-state index contributed by atoms with van der Waals surface area (Å²) >= 11 is 0. The molecule has 120 valence electrons. The number of nitrogens with zero attached hydrogens (tertiary/aromatic N) is 1. The van der Waals surface area contributed by atoms with Crippen molar-refractivity contribution in [3.05, 3.63) is 23.8 Å². The summed E-state index contributed by atoms with van der Waals surface area (Å²) in [4.78, 5) is 1.97. The number of aliphatic hydroxyl groups excluding tert-OH is 1. The van der Waals surface area contributed by atoms with E-state index < -0.39 is 18.0 Å². The van der Waals surface area contributed by atoms with Crippen LogP contribution in [0.3, 0.4) is 0 Å². The highest BCUT2D eigenvalue weighted by Crippen LogP contribution is 2.51. The van der Waals surface area contributed by atoms with Crippen LogP contribution in [0.1, 0.15) is 30.9 Å². The van der Waals surface area contributed by atoms with Gasteiger partial charge < -0.3 is 14.6 Å². The molecular weight excluding hydrogens is 299 g/mol. The lowest BCUT2D eigenvalue weighted by atomic mass is 9.94. The lowest BCUT2D eigenvalue weighted by Gasteiger charge is -2.33. The van der Waals surface area contributed by atoms with Crippen LogP contribution >= 0.6 is 0 Å². The molecule has 0 spiro atoms. The van der Waals surface area contributed by atoms with Gasteiger partial charge in [0.25, 0.3) is 0 Å². The van der Waals surface area contributed by atoms with Crippen molar-refractivity contribution in [2.75, 3.05) is 13.2 Å². The van der Waals surface area contributed by atoms with Gasteiger partial charge in [-0.05, 0) is 30.5 Å². The molecule has 3 atom stereocenters. The molecule has 3 heterocycles. The van der Waals surface area contributed by atoms with Crippen LogP contribution in [-0.4, -0.2) is 41.2 Å². The van der Waals surface area contributed by atoms with Gasteiger partial charge in [0.15, 0.2) is 11.5 Å². The number of hydrogen-bond donors (Lipinski definition) is 1. The Bertz CT molecular complexity index is 612. The highest BCUT2D eigenvalue weighted by atomic mass is 19.3. The van der Waals surface area contributed by atoms with E-state index in [0.717, 1.165) is 12.0 Å². The zero-order valence-electron chi connectivity index (χ0n) is 11.8. The molecule has 0 bridgehead atoms. The van der Waals surface area contributed by atoms with Crippen LogP contribution < -0.4 is 9.47 Å². The van der Waals surface area contributed by atoms with Gasteiger partial charge in [0, 0.05) is 24.5 Å². The van der Waals surface area contributed by atoms with Crippen LogP contribution in [0.2, 0.25) is 0 Å². The van der Waals surface area contributed by atoms with Crippen LogP contribution in [0.5, 0.6) is 11.5 Å². The van der Waals surface area contributed by atoms with Crippen molar-refractivity contribution in [1.82, 2.24) is 4.90 Å². The molecule has 1 N–H and O–H groups in total. The fourth-order valence-electron chi connectivity index (χ4n) is 4.02. The average molecular weight is 315 g/mol. The molecule has 1 aromatic rings. The molecule has 0 aliphatic carbocycles. The predicted molar refractivity (Wildman–Crippen MR) is 70.7 cm³/mol. The topological polar surface area (TPSA) is 41.9 Å². The van der Waals surface area contributed by atoms with Gasteiger partial charge in [0.2, 0.25) is 0 Å². The molecule has 0 radical (unpaired) electrons. The van der Waals surface area contributed by atoms with Crippen molar-refractivity contribution < 1.29 is 27.8 Å². The Morgan fingerprint density at radius 2 is 2.05 bits per heavy atom. The lowest BCUT2D eigenvalue weighted by molar-refractivity contribution is -0.286. The van der Waals surface area contributed by atoms with Crippen molar-refractivity contribution in [3.63, 3.8) is 0 Å². The molecule has 22 heavy (non-hydrogen) atoms. The number of rotatable bonds is 2. The Hall–Kier alpha value is -1.47. The normalized spacial score (nSPS) is 35.8. The molecule has 3 aliphatic rings. The van der Waals surface area contributed by atoms with E-state index in [9.17, 15) is 18.3 Å². The highest BCUT2D eigenvalue weighted by Gasteiger charge is 2.53. The van der Waals surface area contributed by atoms with Crippen molar-refractivity contribution >= 4 is 0 Å². The van der Waals surface area contributed by atoms with Gasteiger partial charge in [-0.3, -0.25) is 4.90 Å². The molecule has 1 aromatic carbocycles. The lowest BCUT2D eigenvalue weighted by Crippen LogP contribution is -2.42. The van der Waals surface area contributed by atoms with Crippen LogP contribution in [-0.2, 0) is 0 Å². The minimum Gasteiger partial charge on any atom is -0.395 e. The number of hydrogen-bond acceptors (Lipinski definition) is 4. The number of alkyl halides is 3. The van der Waals surface area contributed by atoms with Crippen LogP contribution in [0.25, 0.3) is 0 Å². The Balaban J connectivity index is 1.64. The third-order valence-electron chi connectivity index (χ3n) is 4.97. The Labute approximate surface area is 125 Å². The molecular formula is C15H16F3NO3. The second-order valence-electron chi connectivity index (χ2n) is 6.26. The van der Waals surface area contributed by atoms with Crippen LogP contribution in [0, 0.1) is 0 Å². The SMILES string of the molecule is OC[C@@]12CC[C@H](c3ccc4c(c3)OC(F)(F)O4)N1C[C@H](F)C2. The van der Waals surface area contributed by atoms with E-state index >= 15 is 0 Å². The van der Waals surface area contributed by atoms with Crippen LogP contribution in [0.15, 0.2) is 18.2 Å². The first-order valence-electron chi connectivity index (χ1n) is 7.34.